The van der Waals surface area contributed by atoms with E-state index in [4.69, 9.17) is 11.0 Å². The number of primary amides is 1. The van der Waals surface area contributed by atoms with Crippen LogP contribution in [-0.2, 0) is 11.2 Å². The van der Waals surface area contributed by atoms with Crippen molar-refractivity contribution in [3.63, 3.8) is 0 Å². The number of benzene rings is 1. The molecule has 1 aromatic rings. The van der Waals surface area contributed by atoms with Crippen LogP contribution in [0.1, 0.15) is 17.5 Å². The summed E-state index contributed by atoms with van der Waals surface area (Å²) in [5.74, 6) is 3.93. The van der Waals surface area contributed by atoms with Crippen LogP contribution < -0.4 is 5.73 Å². The Morgan fingerprint density at radius 2 is 2.25 bits per heavy atom. The molecule has 0 aromatic heterocycles. The number of carbonyl (C=O) groups is 1. The number of hydrogen-bond acceptors (Lipinski definition) is 2. The summed E-state index contributed by atoms with van der Waals surface area (Å²) in [4.78, 5) is 10.4. The molecule has 0 fully saturated rings. The van der Waals surface area contributed by atoms with Crippen molar-refractivity contribution in [2.24, 2.45) is 5.73 Å². The predicted octanol–water partition coefficient (Wildman–Crippen LogP) is 1.12. The molecule has 0 unspecified atom stereocenters. The van der Waals surface area contributed by atoms with E-state index in [1.165, 1.54) is 12.1 Å². The van der Waals surface area contributed by atoms with Gasteiger partial charge in [-0.3, -0.25) is 4.79 Å². The minimum atomic E-state index is -0.547. The van der Waals surface area contributed by atoms with Gasteiger partial charge in [0.25, 0.3) is 0 Å². The van der Waals surface area contributed by atoms with Crippen LogP contribution in [0.4, 0.5) is 4.39 Å². The maximum Gasteiger partial charge on any atom is 0.229 e. The van der Waals surface area contributed by atoms with Crippen molar-refractivity contribution in [2.75, 3.05) is 0 Å². The molecule has 0 saturated heterocycles. The fourth-order valence-electron chi connectivity index (χ4n) is 1.09. The number of hydrogen-bond donors (Lipinski definition) is 1. The van der Waals surface area contributed by atoms with Gasteiger partial charge >= 0.3 is 0 Å². The van der Waals surface area contributed by atoms with E-state index in [2.05, 4.69) is 11.8 Å². The third-order valence-electron chi connectivity index (χ3n) is 1.80. The molecule has 0 saturated carbocycles. The Morgan fingerprint density at radius 3 is 2.81 bits per heavy atom. The summed E-state index contributed by atoms with van der Waals surface area (Å²) >= 11 is 0. The first-order valence-electron chi connectivity index (χ1n) is 4.56. The molecule has 3 nitrogen and oxygen atoms in total. The monoisotopic (exact) mass is 216 g/mol. The Hall–Kier alpha value is -2.33. The third kappa shape index (κ3) is 3.43. The highest BCUT2D eigenvalue weighted by Gasteiger charge is 2.00. The predicted molar refractivity (Wildman–Crippen MR) is 56.4 cm³/mol. The summed E-state index contributed by atoms with van der Waals surface area (Å²) in [5, 5.41) is 8.43. The number of carbonyl (C=O) groups excluding carboxylic acids is 1. The summed E-state index contributed by atoms with van der Waals surface area (Å²) < 4.78 is 13.4. The number of halogens is 1. The Balaban J connectivity index is 2.86. The first-order valence-corrected chi connectivity index (χ1v) is 4.56. The molecule has 0 heterocycles. The van der Waals surface area contributed by atoms with Crippen molar-refractivity contribution in [1.82, 2.24) is 0 Å². The fraction of sp³-hybridized carbons (Fsp3) is 0.167. The van der Waals surface area contributed by atoms with Gasteiger partial charge in [0.15, 0.2) is 0 Å². The molecule has 1 rings (SSSR count). The molecule has 0 spiro atoms. The first-order chi connectivity index (χ1) is 7.63. The smallest absolute Gasteiger partial charge is 0.229 e. The molecular formula is C12H9FN2O. The summed E-state index contributed by atoms with van der Waals surface area (Å²) in [6.45, 7) is 0. The average Bonchev–Trinajstić information content (AvgIpc) is 2.21. The summed E-state index contributed by atoms with van der Waals surface area (Å²) in [5.41, 5.74) is 5.68. The maximum atomic E-state index is 13.4. The van der Waals surface area contributed by atoms with Gasteiger partial charge in [-0.15, -0.1) is 0 Å². The van der Waals surface area contributed by atoms with Crippen molar-refractivity contribution < 1.29 is 9.18 Å². The minimum Gasteiger partial charge on any atom is -0.369 e. The van der Waals surface area contributed by atoms with Crippen LogP contribution in [0, 0.1) is 29.0 Å². The fourth-order valence-corrected chi connectivity index (χ4v) is 1.09. The van der Waals surface area contributed by atoms with Crippen LogP contribution in [-0.4, -0.2) is 5.91 Å². The first kappa shape index (κ1) is 11.7. The molecule has 0 aliphatic carbocycles. The Labute approximate surface area is 92.7 Å². The van der Waals surface area contributed by atoms with Crippen molar-refractivity contribution >= 4 is 5.91 Å². The van der Waals surface area contributed by atoms with Crippen molar-refractivity contribution in [1.29, 1.82) is 5.26 Å². The zero-order chi connectivity index (χ0) is 12.0. The molecule has 1 aromatic carbocycles. The van der Waals surface area contributed by atoms with Crippen LogP contribution in [0.2, 0.25) is 0 Å². The van der Waals surface area contributed by atoms with Gasteiger partial charge in [0.2, 0.25) is 5.91 Å². The Bertz CT molecular complexity index is 506. The topological polar surface area (TPSA) is 66.9 Å². The van der Waals surface area contributed by atoms with E-state index in [9.17, 15) is 9.18 Å². The van der Waals surface area contributed by atoms with E-state index in [-0.39, 0.29) is 18.4 Å². The Morgan fingerprint density at radius 1 is 1.50 bits per heavy atom. The van der Waals surface area contributed by atoms with E-state index < -0.39 is 11.7 Å². The lowest BCUT2D eigenvalue weighted by Gasteiger charge is -1.97. The van der Waals surface area contributed by atoms with Crippen LogP contribution in [0.5, 0.6) is 0 Å². The van der Waals surface area contributed by atoms with Crippen LogP contribution in [0.15, 0.2) is 18.2 Å². The average molecular weight is 216 g/mol. The number of nitrogens with zero attached hydrogens (tertiary/aromatic N) is 1. The largest absolute Gasteiger partial charge is 0.369 e. The Kier molecular flexibility index (Phi) is 4.06. The zero-order valence-corrected chi connectivity index (χ0v) is 8.46. The maximum absolute atomic E-state index is 13.4. The number of nitriles is 1. The molecule has 80 valence electrons. The molecule has 0 radical (unpaired) electrons. The lowest BCUT2D eigenvalue weighted by atomic mass is 10.1. The number of nitrogens with two attached hydrogens (primary N) is 1. The highest BCUT2D eigenvalue weighted by molar-refractivity contribution is 5.76. The molecular weight excluding hydrogens is 207 g/mol. The SMILES string of the molecule is N#CCc1ccc(C#CCC(N)=O)c(F)c1. The van der Waals surface area contributed by atoms with Crippen LogP contribution in [0.25, 0.3) is 0 Å². The van der Waals surface area contributed by atoms with Gasteiger partial charge in [0.05, 0.1) is 24.5 Å². The second kappa shape index (κ2) is 5.53. The van der Waals surface area contributed by atoms with Gasteiger partial charge in [-0.1, -0.05) is 17.9 Å². The van der Waals surface area contributed by atoms with Crippen LogP contribution in [0.3, 0.4) is 0 Å². The molecule has 0 aliphatic heterocycles. The summed E-state index contributed by atoms with van der Waals surface area (Å²) in [6, 6.07) is 6.29. The number of rotatable bonds is 2. The molecule has 0 bridgehead atoms. The van der Waals surface area contributed by atoms with Gasteiger partial charge in [-0.2, -0.15) is 5.26 Å². The van der Waals surface area contributed by atoms with Gasteiger partial charge in [-0.05, 0) is 17.7 Å². The van der Waals surface area contributed by atoms with E-state index in [0.717, 1.165) is 0 Å². The zero-order valence-electron chi connectivity index (χ0n) is 8.46. The normalized spacial score (nSPS) is 8.75. The second-order valence-corrected chi connectivity index (χ2v) is 3.09. The molecule has 0 aliphatic rings. The highest BCUT2D eigenvalue weighted by atomic mass is 19.1. The van der Waals surface area contributed by atoms with Gasteiger partial charge in [-0.25, -0.2) is 4.39 Å². The molecule has 2 N–H and O–H groups in total. The van der Waals surface area contributed by atoms with Gasteiger partial charge < -0.3 is 5.73 Å². The van der Waals surface area contributed by atoms with E-state index in [1.807, 2.05) is 6.07 Å². The van der Waals surface area contributed by atoms with E-state index in [1.54, 1.807) is 6.07 Å². The molecule has 0 atom stereocenters. The van der Waals surface area contributed by atoms with Crippen molar-refractivity contribution in [3.8, 4) is 17.9 Å². The molecule has 4 heteroatoms. The quantitative estimate of drug-likeness (QED) is 0.753. The third-order valence-corrected chi connectivity index (χ3v) is 1.80. The van der Waals surface area contributed by atoms with E-state index in [0.29, 0.717) is 5.56 Å². The number of amides is 1. The van der Waals surface area contributed by atoms with Gasteiger partial charge in [0, 0.05) is 0 Å². The molecule has 16 heavy (non-hydrogen) atoms. The highest BCUT2D eigenvalue weighted by Crippen LogP contribution is 2.09. The summed E-state index contributed by atoms with van der Waals surface area (Å²) in [7, 11) is 0. The van der Waals surface area contributed by atoms with E-state index >= 15 is 0 Å². The lowest BCUT2D eigenvalue weighted by molar-refractivity contribution is -0.117. The van der Waals surface area contributed by atoms with Crippen LogP contribution >= 0.6 is 0 Å². The lowest BCUT2D eigenvalue weighted by Crippen LogP contribution is -2.08. The second-order valence-electron chi connectivity index (χ2n) is 3.09. The van der Waals surface area contributed by atoms with Crippen molar-refractivity contribution in [3.05, 3.63) is 35.1 Å². The molecule has 1 amide bonds. The van der Waals surface area contributed by atoms with Crippen molar-refractivity contribution in [2.45, 2.75) is 12.8 Å². The minimum absolute atomic E-state index is 0.0978. The summed E-state index contributed by atoms with van der Waals surface area (Å²) in [6.07, 6.45) is 0.0608. The van der Waals surface area contributed by atoms with Gasteiger partial charge in [0.1, 0.15) is 5.82 Å². The standard InChI is InChI=1S/C12H9FN2O/c13-11-8-9(6-7-14)4-5-10(11)2-1-3-12(15)16/h4-5,8H,3,6H2,(H2,15,16).